The minimum atomic E-state index is -0.0257. The van der Waals surface area contributed by atoms with E-state index in [2.05, 4.69) is 20.8 Å². The van der Waals surface area contributed by atoms with Crippen LogP contribution in [0, 0.1) is 5.92 Å². The van der Waals surface area contributed by atoms with Gasteiger partial charge in [-0.1, -0.05) is 19.1 Å². The van der Waals surface area contributed by atoms with Crippen molar-refractivity contribution in [1.82, 2.24) is 10.4 Å². The van der Waals surface area contributed by atoms with E-state index in [0.717, 1.165) is 22.6 Å². The number of nitrogens with one attached hydrogen (secondary N) is 2. The zero-order chi connectivity index (χ0) is 14.7. The Morgan fingerprint density at radius 2 is 1.73 bits per heavy atom. The summed E-state index contributed by atoms with van der Waals surface area (Å²) in [5, 5.41) is 7.47. The number of halogens is 1. The number of carbonyl (C=O) groups is 1. The van der Waals surface area contributed by atoms with Crippen molar-refractivity contribution < 1.29 is 4.79 Å². The Hall–Kier alpha value is -2.40. The van der Waals surface area contributed by atoms with Crippen molar-refractivity contribution in [2.24, 2.45) is 11.0 Å². The molecule has 5 nitrogen and oxygen atoms in total. The lowest BCUT2D eigenvalue weighted by Crippen LogP contribution is -2.31. The fraction of sp³-hybridized carbons (Fsp3) is 0.188. The monoisotopic (exact) mass is 316 g/mol. The van der Waals surface area contributed by atoms with Crippen molar-refractivity contribution in [2.45, 2.75) is 13.3 Å². The van der Waals surface area contributed by atoms with E-state index in [1.165, 1.54) is 0 Å². The summed E-state index contributed by atoms with van der Waals surface area (Å²) in [6, 6.07) is 11.9. The highest BCUT2D eigenvalue weighted by Crippen LogP contribution is 2.20. The maximum absolute atomic E-state index is 11.3. The molecule has 1 aromatic carbocycles. The maximum Gasteiger partial charge on any atom is 0.240 e. The number of benzene rings is 1. The number of rotatable bonds is 3. The van der Waals surface area contributed by atoms with Crippen molar-refractivity contribution in [3.05, 3.63) is 54.4 Å². The van der Waals surface area contributed by atoms with Gasteiger partial charge < -0.3 is 5.32 Å². The van der Waals surface area contributed by atoms with E-state index in [-0.39, 0.29) is 24.2 Å². The van der Waals surface area contributed by atoms with Gasteiger partial charge in [0, 0.05) is 36.1 Å². The Balaban J connectivity index is 0.00000176. The van der Waals surface area contributed by atoms with Crippen molar-refractivity contribution >= 4 is 35.4 Å². The van der Waals surface area contributed by atoms with Crippen LogP contribution in [0.3, 0.4) is 0 Å². The fourth-order valence-corrected chi connectivity index (χ4v) is 2.33. The van der Waals surface area contributed by atoms with Crippen molar-refractivity contribution in [1.29, 1.82) is 0 Å². The van der Waals surface area contributed by atoms with Crippen LogP contribution < -0.4 is 10.7 Å². The van der Waals surface area contributed by atoms with E-state index < -0.39 is 0 Å². The van der Waals surface area contributed by atoms with Gasteiger partial charge in [-0.25, -0.2) is 5.43 Å². The minimum Gasteiger partial charge on any atom is -0.355 e. The molecule has 0 aliphatic carbocycles. The number of carbonyl (C=O) groups excluding carboxylic acids is 1. The molecule has 3 rings (SSSR count). The molecule has 1 aliphatic rings. The van der Waals surface area contributed by atoms with Crippen LogP contribution in [-0.2, 0) is 4.79 Å². The topological polar surface area (TPSA) is 66.4 Å². The lowest BCUT2D eigenvalue weighted by molar-refractivity contribution is -0.121. The van der Waals surface area contributed by atoms with Gasteiger partial charge >= 0.3 is 0 Å². The van der Waals surface area contributed by atoms with Crippen LogP contribution in [0.1, 0.15) is 18.9 Å². The first-order valence-corrected chi connectivity index (χ1v) is 6.86. The number of nitrogens with zero attached hydrogens (tertiary/aromatic N) is 2. The Morgan fingerprint density at radius 3 is 2.36 bits per heavy atom. The minimum absolute atomic E-state index is 0. The molecule has 114 valence electrons. The molecular formula is C16H17ClN4O. The summed E-state index contributed by atoms with van der Waals surface area (Å²) in [4.78, 5) is 15.3. The summed E-state index contributed by atoms with van der Waals surface area (Å²) in [6.45, 7) is 2.01. The summed E-state index contributed by atoms with van der Waals surface area (Å²) in [5.74, 6) is 0.111. The number of amides is 1. The van der Waals surface area contributed by atoms with Gasteiger partial charge in [0.2, 0.25) is 5.91 Å². The summed E-state index contributed by atoms with van der Waals surface area (Å²) in [7, 11) is 0. The first kappa shape index (κ1) is 16.0. The second-order valence-electron chi connectivity index (χ2n) is 5.08. The molecule has 0 spiro atoms. The molecule has 0 fully saturated rings. The number of hydrogen-bond donors (Lipinski definition) is 2. The second kappa shape index (κ2) is 7.04. The molecule has 2 heterocycles. The lowest BCUT2D eigenvalue weighted by atomic mass is 9.94. The van der Waals surface area contributed by atoms with Crippen LogP contribution in [0.15, 0.2) is 53.9 Å². The standard InChI is InChI=1S/C16H16N4O.ClH/c1-11-10-15(21)19-20-16(11)12-2-4-13(5-3-12)18-14-6-8-17-9-7-14;/h2-9,11H,10H2,1H3,(H,17,18)(H,19,21);1H. The zero-order valence-electron chi connectivity index (χ0n) is 12.1. The molecule has 0 radical (unpaired) electrons. The number of hydrogen-bond acceptors (Lipinski definition) is 4. The average molecular weight is 317 g/mol. The summed E-state index contributed by atoms with van der Waals surface area (Å²) in [5.41, 5.74) is 6.49. The highest BCUT2D eigenvalue weighted by Gasteiger charge is 2.21. The van der Waals surface area contributed by atoms with Crippen LogP contribution in [0.2, 0.25) is 0 Å². The molecule has 22 heavy (non-hydrogen) atoms. The van der Waals surface area contributed by atoms with Gasteiger partial charge in [0.15, 0.2) is 0 Å². The largest absolute Gasteiger partial charge is 0.355 e. The van der Waals surface area contributed by atoms with Gasteiger partial charge in [-0.15, -0.1) is 12.4 Å². The molecule has 1 unspecified atom stereocenters. The Bertz CT molecular complexity index is 670. The van der Waals surface area contributed by atoms with E-state index in [1.54, 1.807) is 12.4 Å². The molecule has 1 atom stereocenters. The molecule has 1 amide bonds. The van der Waals surface area contributed by atoms with Gasteiger partial charge in [-0.3, -0.25) is 9.78 Å². The highest BCUT2D eigenvalue weighted by atomic mass is 35.5. The number of hydrazone groups is 1. The molecular weight excluding hydrogens is 300 g/mol. The third-order valence-corrected chi connectivity index (χ3v) is 3.41. The third kappa shape index (κ3) is 3.62. The van der Waals surface area contributed by atoms with Crippen molar-refractivity contribution in [3.63, 3.8) is 0 Å². The molecule has 0 saturated carbocycles. The fourth-order valence-electron chi connectivity index (χ4n) is 2.33. The van der Waals surface area contributed by atoms with Crippen LogP contribution in [0.25, 0.3) is 0 Å². The molecule has 0 saturated heterocycles. The number of anilines is 2. The first-order valence-electron chi connectivity index (χ1n) is 6.86. The van der Waals surface area contributed by atoms with Crippen LogP contribution >= 0.6 is 12.4 Å². The smallest absolute Gasteiger partial charge is 0.240 e. The molecule has 2 aromatic rings. The van der Waals surface area contributed by atoms with E-state index in [4.69, 9.17) is 0 Å². The van der Waals surface area contributed by atoms with Gasteiger partial charge in [0.25, 0.3) is 0 Å². The van der Waals surface area contributed by atoms with Gasteiger partial charge in [0.1, 0.15) is 0 Å². The van der Waals surface area contributed by atoms with Gasteiger partial charge in [-0.2, -0.15) is 5.10 Å². The van der Waals surface area contributed by atoms with Crippen LogP contribution in [0.5, 0.6) is 0 Å². The first-order chi connectivity index (χ1) is 10.2. The molecule has 1 aromatic heterocycles. The Morgan fingerprint density at radius 1 is 1.09 bits per heavy atom. The molecule has 6 heteroatoms. The van der Waals surface area contributed by atoms with Crippen LogP contribution in [0.4, 0.5) is 11.4 Å². The van der Waals surface area contributed by atoms with E-state index in [9.17, 15) is 4.79 Å². The summed E-state index contributed by atoms with van der Waals surface area (Å²) in [6.07, 6.45) is 3.98. The molecule has 1 aliphatic heterocycles. The predicted octanol–water partition coefficient (Wildman–Crippen LogP) is 3.11. The summed E-state index contributed by atoms with van der Waals surface area (Å²) < 4.78 is 0. The number of pyridine rings is 1. The van der Waals surface area contributed by atoms with Gasteiger partial charge in [-0.05, 0) is 29.8 Å². The molecule has 0 bridgehead atoms. The maximum atomic E-state index is 11.3. The Labute approximate surface area is 135 Å². The normalized spacial score (nSPS) is 17.0. The average Bonchev–Trinajstić information content (AvgIpc) is 2.49. The Kier molecular flexibility index (Phi) is 5.12. The van der Waals surface area contributed by atoms with Crippen molar-refractivity contribution in [3.8, 4) is 0 Å². The van der Waals surface area contributed by atoms with Crippen molar-refractivity contribution in [2.75, 3.05) is 5.32 Å². The quantitative estimate of drug-likeness (QED) is 0.914. The summed E-state index contributed by atoms with van der Waals surface area (Å²) >= 11 is 0. The second-order valence-corrected chi connectivity index (χ2v) is 5.08. The van der Waals surface area contributed by atoms with E-state index >= 15 is 0 Å². The third-order valence-electron chi connectivity index (χ3n) is 3.41. The van der Waals surface area contributed by atoms with Gasteiger partial charge in [0.05, 0.1) is 5.71 Å². The predicted molar refractivity (Wildman–Crippen MR) is 89.7 cm³/mol. The van der Waals surface area contributed by atoms with E-state index in [1.807, 2.05) is 43.3 Å². The van der Waals surface area contributed by atoms with Crippen LogP contribution in [-0.4, -0.2) is 16.6 Å². The zero-order valence-corrected chi connectivity index (χ0v) is 12.9. The molecule has 2 N–H and O–H groups in total. The SMILES string of the molecule is CC1CC(=O)NN=C1c1ccc(Nc2ccncc2)cc1.Cl. The van der Waals surface area contributed by atoms with E-state index in [0.29, 0.717) is 6.42 Å². The lowest BCUT2D eigenvalue weighted by Gasteiger charge is -2.19. The highest BCUT2D eigenvalue weighted by molar-refractivity contribution is 6.05. The number of aromatic nitrogens is 1.